The summed E-state index contributed by atoms with van der Waals surface area (Å²) in [4.78, 5) is 21.1. The molecule has 1 aliphatic rings. The summed E-state index contributed by atoms with van der Waals surface area (Å²) in [5.74, 6) is 1.05. The Kier molecular flexibility index (Phi) is 4.33. The average Bonchev–Trinajstić information content (AvgIpc) is 2.56. The number of fused-ring (bicyclic) bond motifs is 1. The van der Waals surface area contributed by atoms with Gasteiger partial charge < -0.3 is 9.80 Å². The molecular weight excluding hydrogens is 286 g/mol. The first kappa shape index (κ1) is 15.5. The lowest BCUT2D eigenvalue weighted by molar-refractivity contribution is -0.121. The van der Waals surface area contributed by atoms with E-state index in [2.05, 4.69) is 41.1 Å². The third-order valence-electron chi connectivity index (χ3n) is 4.20. The Hall–Kier alpha value is -2.36. The highest BCUT2D eigenvalue weighted by molar-refractivity contribution is 5.98. The topological polar surface area (TPSA) is 36.4 Å². The molecule has 2 aromatic rings. The van der Waals surface area contributed by atoms with E-state index in [1.54, 1.807) is 6.20 Å². The maximum atomic E-state index is 12.4. The number of hydrogen-bond donors (Lipinski definition) is 0. The molecule has 120 valence electrons. The number of anilines is 2. The lowest BCUT2D eigenvalue weighted by Crippen LogP contribution is -2.45. The maximum Gasteiger partial charge on any atom is 0.229 e. The molecule has 0 fully saturated rings. The van der Waals surface area contributed by atoms with Crippen LogP contribution in [0, 0.1) is 12.8 Å². The first-order valence-corrected chi connectivity index (χ1v) is 8.13. The molecule has 1 amide bonds. The van der Waals surface area contributed by atoms with Gasteiger partial charge in [0.2, 0.25) is 5.91 Å². The van der Waals surface area contributed by atoms with Crippen molar-refractivity contribution in [2.24, 2.45) is 5.92 Å². The number of hydrogen-bond acceptors (Lipinski definition) is 3. The summed E-state index contributed by atoms with van der Waals surface area (Å²) in [6, 6.07) is 12.5. The number of aryl methyl sites for hydroxylation is 1. The van der Waals surface area contributed by atoms with Crippen molar-refractivity contribution in [2.45, 2.75) is 27.3 Å². The summed E-state index contributed by atoms with van der Waals surface area (Å²) in [5.41, 5.74) is 3.44. The van der Waals surface area contributed by atoms with Gasteiger partial charge in [0.05, 0.1) is 5.69 Å². The highest BCUT2D eigenvalue weighted by Crippen LogP contribution is 2.32. The van der Waals surface area contributed by atoms with Crippen LogP contribution in [0.2, 0.25) is 0 Å². The van der Waals surface area contributed by atoms with E-state index in [0.29, 0.717) is 6.54 Å². The van der Waals surface area contributed by atoms with Crippen molar-refractivity contribution in [3.63, 3.8) is 0 Å². The van der Waals surface area contributed by atoms with Crippen LogP contribution in [0.4, 0.5) is 11.5 Å². The van der Waals surface area contributed by atoms with E-state index in [1.807, 2.05) is 30.9 Å². The normalized spacial score (nSPS) is 14.1. The predicted molar refractivity (Wildman–Crippen MR) is 93.7 cm³/mol. The molecule has 0 atom stereocenters. The summed E-state index contributed by atoms with van der Waals surface area (Å²) in [7, 11) is 0. The van der Waals surface area contributed by atoms with E-state index in [1.165, 1.54) is 11.1 Å². The zero-order chi connectivity index (χ0) is 16.4. The largest absolute Gasteiger partial charge is 0.349 e. The van der Waals surface area contributed by atoms with Crippen LogP contribution < -0.4 is 9.80 Å². The fraction of sp³-hybridized carbons (Fsp3) is 0.368. The van der Waals surface area contributed by atoms with Crippen molar-refractivity contribution in [3.8, 4) is 0 Å². The molecule has 2 heterocycles. The minimum absolute atomic E-state index is 0.00768. The molecule has 0 saturated heterocycles. The van der Waals surface area contributed by atoms with Crippen molar-refractivity contribution in [3.05, 3.63) is 53.7 Å². The average molecular weight is 309 g/mol. The molecule has 0 aliphatic carbocycles. The van der Waals surface area contributed by atoms with Gasteiger partial charge >= 0.3 is 0 Å². The second-order valence-electron chi connectivity index (χ2n) is 6.40. The maximum absolute atomic E-state index is 12.4. The molecule has 1 aromatic heterocycles. The van der Waals surface area contributed by atoms with Crippen LogP contribution in [-0.2, 0) is 11.3 Å². The molecule has 23 heavy (non-hydrogen) atoms. The number of aromatic nitrogens is 1. The summed E-state index contributed by atoms with van der Waals surface area (Å²) < 4.78 is 0. The first-order valence-electron chi connectivity index (χ1n) is 8.13. The Balaban J connectivity index is 1.88. The fourth-order valence-corrected chi connectivity index (χ4v) is 2.90. The minimum Gasteiger partial charge on any atom is -0.349 e. The van der Waals surface area contributed by atoms with Crippen LogP contribution in [0.3, 0.4) is 0 Å². The van der Waals surface area contributed by atoms with Gasteiger partial charge in [0.15, 0.2) is 5.82 Å². The zero-order valence-corrected chi connectivity index (χ0v) is 14.0. The number of benzene rings is 1. The molecule has 0 spiro atoms. The summed E-state index contributed by atoms with van der Waals surface area (Å²) in [6.07, 6.45) is 1.80. The summed E-state index contributed by atoms with van der Waals surface area (Å²) >= 11 is 0. The lowest BCUT2D eigenvalue weighted by atomic mass is 10.1. The molecule has 0 N–H and O–H groups in total. The summed E-state index contributed by atoms with van der Waals surface area (Å²) in [6.45, 7) is 8.30. The third kappa shape index (κ3) is 3.21. The lowest BCUT2D eigenvalue weighted by Gasteiger charge is -2.37. The predicted octanol–water partition coefficient (Wildman–Crippen LogP) is 3.40. The summed E-state index contributed by atoms with van der Waals surface area (Å²) in [5, 5.41) is 0. The number of carbonyl (C=O) groups is 1. The molecule has 3 rings (SSSR count). The second kappa shape index (κ2) is 6.41. The minimum atomic E-state index is -0.00768. The Morgan fingerprint density at radius 2 is 1.91 bits per heavy atom. The quantitative estimate of drug-likeness (QED) is 0.872. The SMILES string of the molecule is Cc1ccc(CN2CCN(C(=O)C(C)C)c3cccnc32)cc1. The van der Waals surface area contributed by atoms with Gasteiger partial charge in [0, 0.05) is 31.7 Å². The van der Waals surface area contributed by atoms with E-state index in [9.17, 15) is 4.79 Å². The molecule has 0 bridgehead atoms. The molecule has 0 saturated carbocycles. The highest BCUT2D eigenvalue weighted by atomic mass is 16.2. The number of carbonyl (C=O) groups excluding carboxylic acids is 1. The molecule has 0 radical (unpaired) electrons. The number of rotatable bonds is 3. The van der Waals surface area contributed by atoms with E-state index in [0.717, 1.165) is 24.6 Å². The Morgan fingerprint density at radius 1 is 1.17 bits per heavy atom. The van der Waals surface area contributed by atoms with E-state index < -0.39 is 0 Å². The molecular formula is C19H23N3O. The standard InChI is InChI=1S/C19H23N3O/c1-14(2)19(23)22-12-11-21(18-17(22)5-4-10-20-18)13-16-8-6-15(3)7-9-16/h4-10,14H,11-13H2,1-3H3. The Bertz CT molecular complexity index is 694. The Morgan fingerprint density at radius 3 is 2.61 bits per heavy atom. The molecule has 4 heteroatoms. The fourth-order valence-electron chi connectivity index (χ4n) is 2.90. The van der Waals surface area contributed by atoms with Gasteiger partial charge in [-0.2, -0.15) is 0 Å². The van der Waals surface area contributed by atoms with Gasteiger partial charge in [0.25, 0.3) is 0 Å². The van der Waals surface area contributed by atoms with Gasteiger partial charge in [-0.1, -0.05) is 43.7 Å². The third-order valence-corrected chi connectivity index (χ3v) is 4.20. The molecule has 1 aromatic carbocycles. The van der Waals surface area contributed by atoms with Gasteiger partial charge in [-0.25, -0.2) is 4.98 Å². The van der Waals surface area contributed by atoms with Crippen LogP contribution in [0.15, 0.2) is 42.6 Å². The number of nitrogens with zero attached hydrogens (tertiary/aromatic N) is 3. The molecule has 0 unspecified atom stereocenters. The van der Waals surface area contributed by atoms with Crippen LogP contribution in [0.1, 0.15) is 25.0 Å². The van der Waals surface area contributed by atoms with E-state index in [4.69, 9.17) is 0 Å². The zero-order valence-electron chi connectivity index (χ0n) is 14.0. The van der Waals surface area contributed by atoms with Crippen LogP contribution in [0.5, 0.6) is 0 Å². The van der Waals surface area contributed by atoms with Crippen molar-refractivity contribution in [2.75, 3.05) is 22.9 Å². The molecule has 1 aliphatic heterocycles. The monoisotopic (exact) mass is 309 g/mol. The van der Waals surface area contributed by atoms with Gasteiger partial charge in [0.1, 0.15) is 0 Å². The number of amides is 1. The van der Waals surface area contributed by atoms with Crippen molar-refractivity contribution in [1.82, 2.24) is 4.98 Å². The highest BCUT2D eigenvalue weighted by Gasteiger charge is 2.28. The van der Waals surface area contributed by atoms with Gasteiger partial charge in [-0.15, -0.1) is 0 Å². The molecule has 4 nitrogen and oxygen atoms in total. The van der Waals surface area contributed by atoms with Gasteiger partial charge in [-0.3, -0.25) is 4.79 Å². The van der Waals surface area contributed by atoms with Gasteiger partial charge in [-0.05, 0) is 24.6 Å². The Labute approximate surface area is 137 Å². The van der Waals surface area contributed by atoms with Crippen LogP contribution in [0.25, 0.3) is 0 Å². The smallest absolute Gasteiger partial charge is 0.229 e. The van der Waals surface area contributed by atoms with Crippen molar-refractivity contribution in [1.29, 1.82) is 0 Å². The van der Waals surface area contributed by atoms with Crippen molar-refractivity contribution >= 4 is 17.4 Å². The van der Waals surface area contributed by atoms with E-state index in [-0.39, 0.29) is 11.8 Å². The number of pyridine rings is 1. The first-order chi connectivity index (χ1) is 11.1. The van der Waals surface area contributed by atoms with Crippen LogP contribution >= 0.6 is 0 Å². The van der Waals surface area contributed by atoms with Crippen LogP contribution in [-0.4, -0.2) is 24.0 Å². The second-order valence-corrected chi connectivity index (χ2v) is 6.40. The van der Waals surface area contributed by atoms with E-state index >= 15 is 0 Å². The van der Waals surface area contributed by atoms with Crippen molar-refractivity contribution < 1.29 is 4.79 Å².